The van der Waals surface area contributed by atoms with Gasteiger partial charge in [0.1, 0.15) is 0 Å². The van der Waals surface area contributed by atoms with Gasteiger partial charge in [0.15, 0.2) is 5.82 Å². The van der Waals surface area contributed by atoms with Gasteiger partial charge >= 0.3 is 0 Å². The lowest BCUT2D eigenvalue weighted by Crippen LogP contribution is -1.88. The third-order valence-corrected chi connectivity index (χ3v) is 3.55. The van der Waals surface area contributed by atoms with Gasteiger partial charge in [0.2, 0.25) is 0 Å². The summed E-state index contributed by atoms with van der Waals surface area (Å²) in [6.45, 7) is 0. The molecule has 94 valence electrons. The quantitative estimate of drug-likeness (QED) is 0.470. The predicted octanol–water partition coefficient (Wildman–Crippen LogP) is 4.45. The van der Waals surface area contributed by atoms with E-state index < -0.39 is 0 Å². The first-order chi connectivity index (χ1) is 9.92. The smallest absolute Gasteiger partial charge is 0.159 e. The SMILES string of the molecule is c1cnc(-c2cccc3cc4ccccc4cc23)nc1. The third-order valence-electron chi connectivity index (χ3n) is 3.55. The van der Waals surface area contributed by atoms with Gasteiger partial charge in [-0.25, -0.2) is 9.97 Å². The van der Waals surface area contributed by atoms with Crippen LogP contribution in [0.2, 0.25) is 0 Å². The first kappa shape index (κ1) is 11.1. The number of benzene rings is 3. The summed E-state index contributed by atoms with van der Waals surface area (Å²) in [7, 11) is 0. The zero-order valence-electron chi connectivity index (χ0n) is 10.8. The van der Waals surface area contributed by atoms with Gasteiger partial charge in [0.25, 0.3) is 0 Å². The average molecular weight is 256 g/mol. The molecule has 0 amide bonds. The molecule has 1 aromatic heterocycles. The van der Waals surface area contributed by atoms with Crippen molar-refractivity contribution < 1.29 is 0 Å². The summed E-state index contributed by atoms with van der Waals surface area (Å²) in [5, 5.41) is 4.90. The lowest BCUT2D eigenvalue weighted by molar-refractivity contribution is 1.18. The van der Waals surface area contributed by atoms with Gasteiger partial charge in [-0.3, -0.25) is 0 Å². The maximum atomic E-state index is 4.37. The molecule has 0 unspecified atom stereocenters. The van der Waals surface area contributed by atoms with Crippen LogP contribution in [0.4, 0.5) is 0 Å². The Morgan fingerprint density at radius 3 is 2.10 bits per heavy atom. The minimum absolute atomic E-state index is 0.772. The molecule has 4 aromatic rings. The number of hydrogen-bond acceptors (Lipinski definition) is 2. The summed E-state index contributed by atoms with van der Waals surface area (Å²) in [5.74, 6) is 0.772. The summed E-state index contributed by atoms with van der Waals surface area (Å²) in [5.41, 5.74) is 1.08. The molecule has 0 saturated heterocycles. The van der Waals surface area contributed by atoms with Crippen LogP contribution in [0.25, 0.3) is 32.9 Å². The molecule has 0 radical (unpaired) electrons. The first-order valence-corrected chi connectivity index (χ1v) is 6.61. The molecule has 0 aliphatic rings. The van der Waals surface area contributed by atoms with E-state index in [-0.39, 0.29) is 0 Å². The molecule has 4 rings (SSSR count). The van der Waals surface area contributed by atoms with E-state index in [1.165, 1.54) is 21.5 Å². The molecule has 0 aliphatic carbocycles. The lowest BCUT2D eigenvalue weighted by Gasteiger charge is -2.07. The van der Waals surface area contributed by atoms with Gasteiger partial charge < -0.3 is 0 Å². The van der Waals surface area contributed by atoms with Crippen molar-refractivity contribution in [1.29, 1.82) is 0 Å². The maximum Gasteiger partial charge on any atom is 0.159 e. The fourth-order valence-electron chi connectivity index (χ4n) is 2.60. The highest BCUT2D eigenvalue weighted by Gasteiger charge is 2.06. The Kier molecular flexibility index (Phi) is 2.46. The van der Waals surface area contributed by atoms with E-state index in [1.807, 2.05) is 6.07 Å². The monoisotopic (exact) mass is 256 g/mol. The van der Waals surface area contributed by atoms with Crippen molar-refractivity contribution in [2.75, 3.05) is 0 Å². The number of rotatable bonds is 1. The second-order valence-corrected chi connectivity index (χ2v) is 4.80. The molecule has 0 spiro atoms. The third kappa shape index (κ3) is 1.74. The van der Waals surface area contributed by atoms with Crippen LogP contribution >= 0.6 is 0 Å². The molecule has 0 atom stereocenters. The van der Waals surface area contributed by atoms with Gasteiger partial charge in [-0.05, 0) is 39.7 Å². The van der Waals surface area contributed by atoms with Crippen molar-refractivity contribution in [2.45, 2.75) is 0 Å². The van der Waals surface area contributed by atoms with E-state index in [4.69, 9.17) is 0 Å². The number of fused-ring (bicyclic) bond motifs is 2. The topological polar surface area (TPSA) is 25.8 Å². The highest BCUT2D eigenvalue weighted by atomic mass is 14.8. The Hall–Kier alpha value is -2.74. The molecule has 3 aromatic carbocycles. The molecular weight excluding hydrogens is 244 g/mol. The molecule has 0 bridgehead atoms. The standard InChI is InChI=1S/C18H12N2/c1-2-6-14-12-17-15(11-13(14)5-1)7-3-8-16(17)18-19-9-4-10-20-18/h1-12H. The van der Waals surface area contributed by atoms with Crippen molar-refractivity contribution in [1.82, 2.24) is 9.97 Å². The summed E-state index contributed by atoms with van der Waals surface area (Å²) in [6, 6.07) is 21.0. The molecule has 0 N–H and O–H groups in total. The zero-order valence-corrected chi connectivity index (χ0v) is 10.8. The van der Waals surface area contributed by atoms with Crippen LogP contribution in [-0.2, 0) is 0 Å². The van der Waals surface area contributed by atoms with Crippen LogP contribution in [0, 0.1) is 0 Å². The minimum atomic E-state index is 0.772. The molecule has 0 fully saturated rings. The van der Waals surface area contributed by atoms with Crippen molar-refractivity contribution in [3.63, 3.8) is 0 Å². The highest BCUT2D eigenvalue weighted by Crippen LogP contribution is 2.29. The summed E-state index contributed by atoms with van der Waals surface area (Å²) < 4.78 is 0. The van der Waals surface area contributed by atoms with Crippen LogP contribution in [-0.4, -0.2) is 9.97 Å². The number of nitrogens with zero attached hydrogens (tertiary/aromatic N) is 2. The minimum Gasteiger partial charge on any atom is -0.237 e. The van der Waals surface area contributed by atoms with Crippen LogP contribution in [0.1, 0.15) is 0 Å². The molecule has 2 heteroatoms. The summed E-state index contributed by atoms with van der Waals surface area (Å²) in [4.78, 5) is 8.74. The van der Waals surface area contributed by atoms with Gasteiger partial charge in [0, 0.05) is 18.0 Å². The maximum absolute atomic E-state index is 4.37. The van der Waals surface area contributed by atoms with Crippen LogP contribution in [0.3, 0.4) is 0 Å². The molecule has 20 heavy (non-hydrogen) atoms. The largest absolute Gasteiger partial charge is 0.237 e. The Morgan fingerprint density at radius 2 is 1.30 bits per heavy atom. The van der Waals surface area contributed by atoms with Crippen LogP contribution < -0.4 is 0 Å². The Morgan fingerprint density at radius 1 is 0.600 bits per heavy atom. The van der Waals surface area contributed by atoms with E-state index in [0.29, 0.717) is 0 Å². The Bertz CT molecular complexity index is 899. The summed E-state index contributed by atoms with van der Waals surface area (Å²) in [6.07, 6.45) is 3.56. The normalized spacial score (nSPS) is 11.0. The lowest BCUT2D eigenvalue weighted by atomic mass is 9.99. The van der Waals surface area contributed by atoms with E-state index in [9.17, 15) is 0 Å². The van der Waals surface area contributed by atoms with Gasteiger partial charge in [-0.15, -0.1) is 0 Å². The molecule has 0 aliphatic heterocycles. The van der Waals surface area contributed by atoms with Crippen molar-refractivity contribution >= 4 is 21.5 Å². The van der Waals surface area contributed by atoms with Crippen LogP contribution in [0.5, 0.6) is 0 Å². The first-order valence-electron chi connectivity index (χ1n) is 6.61. The second-order valence-electron chi connectivity index (χ2n) is 4.80. The molecule has 2 nitrogen and oxygen atoms in total. The Labute approximate surface area is 116 Å². The predicted molar refractivity (Wildman–Crippen MR) is 82.5 cm³/mol. The fraction of sp³-hybridized carbons (Fsp3) is 0. The Balaban J connectivity index is 2.09. The fourth-order valence-corrected chi connectivity index (χ4v) is 2.60. The highest BCUT2D eigenvalue weighted by molar-refractivity contribution is 6.04. The van der Waals surface area contributed by atoms with Crippen LogP contribution in [0.15, 0.2) is 73.1 Å². The van der Waals surface area contributed by atoms with Crippen molar-refractivity contribution in [3.05, 3.63) is 73.1 Å². The average Bonchev–Trinajstić information content (AvgIpc) is 2.53. The number of hydrogen-bond donors (Lipinski definition) is 0. The molecule has 0 saturated carbocycles. The van der Waals surface area contributed by atoms with Gasteiger partial charge in [-0.1, -0.05) is 42.5 Å². The van der Waals surface area contributed by atoms with E-state index >= 15 is 0 Å². The van der Waals surface area contributed by atoms with Crippen molar-refractivity contribution in [2.24, 2.45) is 0 Å². The van der Waals surface area contributed by atoms with Gasteiger partial charge in [-0.2, -0.15) is 0 Å². The zero-order chi connectivity index (χ0) is 13.4. The van der Waals surface area contributed by atoms with E-state index in [2.05, 4.69) is 64.6 Å². The molecule has 1 heterocycles. The van der Waals surface area contributed by atoms with E-state index in [1.54, 1.807) is 12.4 Å². The van der Waals surface area contributed by atoms with Crippen molar-refractivity contribution in [3.8, 4) is 11.4 Å². The van der Waals surface area contributed by atoms with E-state index in [0.717, 1.165) is 11.4 Å². The summed E-state index contributed by atoms with van der Waals surface area (Å²) >= 11 is 0. The molecular formula is C18H12N2. The second kappa shape index (κ2) is 4.42. The number of aromatic nitrogens is 2. The van der Waals surface area contributed by atoms with Gasteiger partial charge in [0.05, 0.1) is 0 Å².